The van der Waals surface area contributed by atoms with E-state index in [0.717, 1.165) is 17.9 Å². The summed E-state index contributed by atoms with van der Waals surface area (Å²) >= 11 is 12.2. The van der Waals surface area contributed by atoms with Gasteiger partial charge >= 0.3 is 23.9 Å². The van der Waals surface area contributed by atoms with Crippen LogP contribution < -0.4 is 5.32 Å². The molecule has 1 aliphatic rings. The Morgan fingerprint density at radius 2 is 1.48 bits per heavy atom. The summed E-state index contributed by atoms with van der Waals surface area (Å²) in [5.41, 5.74) is 0.895. The highest BCUT2D eigenvalue weighted by molar-refractivity contribution is 6.42. The van der Waals surface area contributed by atoms with Crippen LogP contribution in [0.2, 0.25) is 10.0 Å². The van der Waals surface area contributed by atoms with Gasteiger partial charge in [0.2, 0.25) is 5.91 Å². The summed E-state index contributed by atoms with van der Waals surface area (Å²) in [5.74, 6) is -12.0. The van der Waals surface area contributed by atoms with Gasteiger partial charge in [-0.3, -0.25) is 19.2 Å². The normalized spacial score (nSPS) is 21.0. The number of benzene rings is 3. The molecule has 10 nitrogen and oxygen atoms in total. The second-order valence-electron chi connectivity index (χ2n) is 10.1. The van der Waals surface area contributed by atoms with E-state index in [0.29, 0.717) is 10.6 Å². The number of amides is 1. The molecule has 5 unspecified atom stereocenters. The van der Waals surface area contributed by atoms with Crippen LogP contribution >= 0.6 is 23.2 Å². The third-order valence-electron chi connectivity index (χ3n) is 7.49. The summed E-state index contributed by atoms with van der Waals surface area (Å²) in [6.45, 7) is 1.54. The van der Waals surface area contributed by atoms with Gasteiger partial charge in [-0.25, -0.2) is 4.79 Å². The molecule has 0 spiro atoms. The van der Waals surface area contributed by atoms with Gasteiger partial charge in [-0.15, -0.1) is 0 Å². The second-order valence-corrected chi connectivity index (χ2v) is 10.9. The molecular formula is C30H27Cl2NO9. The van der Waals surface area contributed by atoms with Gasteiger partial charge in [0.1, 0.15) is 6.10 Å². The van der Waals surface area contributed by atoms with Crippen molar-refractivity contribution in [1.82, 2.24) is 5.32 Å². The number of aliphatic carboxylic acids is 2. The van der Waals surface area contributed by atoms with E-state index >= 15 is 0 Å². The first-order chi connectivity index (χ1) is 19.9. The van der Waals surface area contributed by atoms with Crippen LogP contribution in [0.1, 0.15) is 22.8 Å². The summed E-state index contributed by atoms with van der Waals surface area (Å²) in [6, 6.07) is 16.4. The van der Waals surface area contributed by atoms with Crippen LogP contribution in [-0.2, 0) is 35.1 Å². The van der Waals surface area contributed by atoms with E-state index in [1.54, 1.807) is 36.4 Å². The molecule has 3 aromatic carbocycles. The van der Waals surface area contributed by atoms with Crippen LogP contribution in [0.5, 0.6) is 0 Å². The standard InChI is InChI=1S/C30H27Cl2NO9/c1-14(33-26(34)22-23(27(35)36)25(30(40)41-2)24(22)28(37)38)21(12-15-7-10-19(31)20(32)11-15)42-29(39)18-9-8-16-5-3-4-6-17(16)13-18/h3-11,13-14,21-25H,12H2,1-2H3,(H,33,34)(H,35,36)(H,37,38)/t14?,21?,22?,23-,24?,25?/m0/s1. The molecule has 4 rings (SSSR count). The topological polar surface area (TPSA) is 156 Å². The fraction of sp³-hybridized carbons (Fsp3) is 0.300. The molecule has 3 N–H and O–H groups in total. The SMILES string of the molecule is COC(=O)C1C(C(=O)O)C(C(=O)NC(C)C(Cc2ccc(Cl)c(Cl)c2)OC(=O)c2ccc3ccccc3c2)[C@@H]1C(=O)O. The van der Waals surface area contributed by atoms with E-state index in [4.69, 9.17) is 27.9 Å². The molecule has 0 aromatic heterocycles. The summed E-state index contributed by atoms with van der Waals surface area (Å²) in [6.07, 6.45) is -0.911. The van der Waals surface area contributed by atoms with Crippen LogP contribution in [0, 0.1) is 23.7 Å². The lowest BCUT2D eigenvalue weighted by atomic mass is 9.56. The highest BCUT2D eigenvalue weighted by atomic mass is 35.5. The van der Waals surface area contributed by atoms with Gasteiger partial charge in [0.25, 0.3) is 0 Å². The number of hydrogen-bond donors (Lipinski definition) is 3. The maximum absolute atomic E-state index is 13.3. The smallest absolute Gasteiger partial charge is 0.338 e. The summed E-state index contributed by atoms with van der Waals surface area (Å²) in [4.78, 5) is 62.6. The minimum absolute atomic E-state index is 0.0812. The number of nitrogens with one attached hydrogen (secondary N) is 1. The number of fused-ring (bicyclic) bond motifs is 1. The predicted octanol–water partition coefficient (Wildman–Crippen LogP) is 4.24. The average Bonchev–Trinajstić information content (AvgIpc) is 2.93. The maximum atomic E-state index is 13.3. The lowest BCUT2D eigenvalue weighted by Crippen LogP contribution is -2.63. The summed E-state index contributed by atoms with van der Waals surface area (Å²) < 4.78 is 10.4. The largest absolute Gasteiger partial charge is 0.481 e. The molecule has 0 radical (unpaired) electrons. The number of carbonyl (C=O) groups is 5. The van der Waals surface area contributed by atoms with Gasteiger partial charge < -0.3 is 25.0 Å². The molecule has 0 bridgehead atoms. The van der Waals surface area contributed by atoms with Crippen molar-refractivity contribution in [3.63, 3.8) is 0 Å². The number of esters is 2. The Morgan fingerprint density at radius 1 is 0.833 bits per heavy atom. The minimum Gasteiger partial charge on any atom is -0.481 e. The van der Waals surface area contributed by atoms with Crippen molar-refractivity contribution in [3.8, 4) is 0 Å². The van der Waals surface area contributed by atoms with Gasteiger partial charge in [-0.2, -0.15) is 0 Å². The highest BCUT2D eigenvalue weighted by Gasteiger charge is 2.64. The Bertz CT molecular complexity index is 1540. The van der Waals surface area contributed by atoms with Crippen molar-refractivity contribution in [2.45, 2.75) is 25.5 Å². The van der Waals surface area contributed by atoms with Crippen LogP contribution in [0.25, 0.3) is 10.8 Å². The molecule has 220 valence electrons. The monoisotopic (exact) mass is 615 g/mol. The van der Waals surface area contributed by atoms with Crippen molar-refractivity contribution >= 4 is 63.8 Å². The van der Waals surface area contributed by atoms with Gasteiger partial charge in [0.15, 0.2) is 0 Å². The van der Waals surface area contributed by atoms with Crippen molar-refractivity contribution in [2.75, 3.05) is 7.11 Å². The molecule has 1 amide bonds. The number of halogens is 2. The molecule has 1 fully saturated rings. The zero-order chi connectivity index (χ0) is 30.7. The number of carboxylic acid groups (broad SMARTS) is 2. The van der Waals surface area contributed by atoms with E-state index in [1.807, 2.05) is 24.3 Å². The fourth-order valence-electron chi connectivity index (χ4n) is 5.27. The van der Waals surface area contributed by atoms with Crippen LogP contribution in [-0.4, -0.2) is 59.3 Å². The molecule has 0 saturated heterocycles. The Hall–Kier alpha value is -4.15. The third kappa shape index (κ3) is 6.34. The van der Waals surface area contributed by atoms with Gasteiger partial charge in [0.05, 0.1) is 52.4 Å². The van der Waals surface area contributed by atoms with Gasteiger partial charge in [-0.05, 0) is 47.5 Å². The molecule has 0 aliphatic heterocycles. The first kappa shape index (κ1) is 30.8. The second kappa shape index (κ2) is 12.8. The van der Waals surface area contributed by atoms with Crippen LogP contribution in [0.4, 0.5) is 0 Å². The molecular weight excluding hydrogens is 589 g/mol. The summed E-state index contributed by atoms with van der Waals surface area (Å²) in [5, 5.41) is 24.3. The Kier molecular flexibility index (Phi) is 9.38. The number of carbonyl (C=O) groups excluding carboxylic acids is 3. The number of carboxylic acids is 2. The number of hydrogen-bond acceptors (Lipinski definition) is 7. The first-order valence-electron chi connectivity index (χ1n) is 12.9. The number of rotatable bonds is 10. The maximum Gasteiger partial charge on any atom is 0.338 e. The summed E-state index contributed by atoms with van der Waals surface area (Å²) in [7, 11) is 1.01. The molecule has 12 heteroatoms. The lowest BCUT2D eigenvalue weighted by Gasteiger charge is -2.45. The van der Waals surface area contributed by atoms with Crippen molar-refractivity contribution < 1.29 is 43.7 Å². The zero-order valence-corrected chi connectivity index (χ0v) is 24.0. The van der Waals surface area contributed by atoms with E-state index in [-0.39, 0.29) is 17.0 Å². The van der Waals surface area contributed by atoms with E-state index in [2.05, 4.69) is 10.1 Å². The number of methoxy groups -OCH3 is 1. The molecule has 42 heavy (non-hydrogen) atoms. The average molecular weight is 616 g/mol. The quantitative estimate of drug-likeness (QED) is 0.284. The third-order valence-corrected chi connectivity index (χ3v) is 8.23. The van der Waals surface area contributed by atoms with Crippen molar-refractivity contribution in [1.29, 1.82) is 0 Å². The molecule has 0 heterocycles. The van der Waals surface area contributed by atoms with Gasteiger partial charge in [0, 0.05) is 6.42 Å². The Balaban J connectivity index is 1.59. The lowest BCUT2D eigenvalue weighted by molar-refractivity contribution is -0.188. The van der Waals surface area contributed by atoms with Crippen LogP contribution in [0.15, 0.2) is 60.7 Å². The van der Waals surface area contributed by atoms with E-state index in [1.165, 1.54) is 6.92 Å². The Labute approximate surface area is 250 Å². The predicted molar refractivity (Wildman–Crippen MR) is 152 cm³/mol. The van der Waals surface area contributed by atoms with Gasteiger partial charge in [-0.1, -0.05) is 59.6 Å². The molecule has 1 saturated carbocycles. The van der Waals surface area contributed by atoms with E-state index < -0.39 is 65.6 Å². The fourth-order valence-corrected chi connectivity index (χ4v) is 5.59. The van der Waals surface area contributed by atoms with Crippen molar-refractivity contribution in [3.05, 3.63) is 81.8 Å². The molecule has 1 aliphatic carbocycles. The highest BCUT2D eigenvalue weighted by Crippen LogP contribution is 2.47. The minimum atomic E-state index is -1.61. The Morgan fingerprint density at radius 3 is 2.07 bits per heavy atom. The number of ether oxygens (including phenoxy) is 2. The van der Waals surface area contributed by atoms with Crippen LogP contribution in [0.3, 0.4) is 0 Å². The zero-order valence-electron chi connectivity index (χ0n) is 22.5. The van der Waals surface area contributed by atoms with E-state index in [9.17, 15) is 34.2 Å². The van der Waals surface area contributed by atoms with Crippen molar-refractivity contribution in [2.24, 2.45) is 23.7 Å². The molecule has 6 atom stereocenters. The first-order valence-corrected chi connectivity index (χ1v) is 13.7. The molecule has 3 aromatic rings.